The first-order chi connectivity index (χ1) is 9.08. The van der Waals surface area contributed by atoms with Gasteiger partial charge >= 0.3 is 0 Å². The predicted molar refractivity (Wildman–Crippen MR) is 79.8 cm³/mol. The van der Waals surface area contributed by atoms with E-state index in [1.165, 1.54) is 18.4 Å². The summed E-state index contributed by atoms with van der Waals surface area (Å²) in [7, 11) is 0. The molecular formula is C16H26N2O. The van der Waals surface area contributed by atoms with E-state index in [1.807, 2.05) is 0 Å². The number of hydrogen-bond acceptors (Lipinski definition) is 2. The first-order valence-corrected chi connectivity index (χ1v) is 7.16. The largest absolute Gasteiger partial charge is 0.348 e. The molecule has 1 rings (SSSR count). The number of hydrogen-bond donors (Lipinski definition) is 2. The lowest BCUT2D eigenvalue weighted by Gasteiger charge is -2.23. The zero-order valence-electron chi connectivity index (χ0n) is 12.3. The number of aryl methyl sites for hydroxylation is 1. The van der Waals surface area contributed by atoms with Crippen LogP contribution < -0.4 is 11.1 Å². The first-order valence-electron chi connectivity index (χ1n) is 7.16. The summed E-state index contributed by atoms with van der Waals surface area (Å²) >= 11 is 0. The highest BCUT2D eigenvalue weighted by Gasteiger charge is 2.17. The fraction of sp³-hybridized carbons (Fsp3) is 0.562. The molecule has 0 heterocycles. The van der Waals surface area contributed by atoms with E-state index in [4.69, 9.17) is 5.73 Å². The average molecular weight is 262 g/mol. The minimum absolute atomic E-state index is 0.0382. The fourth-order valence-electron chi connectivity index (χ4n) is 2.14. The van der Waals surface area contributed by atoms with Crippen molar-refractivity contribution >= 4 is 5.91 Å². The van der Waals surface area contributed by atoms with Gasteiger partial charge in [0.2, 0.25) is 5.91 Å². The van der Waals surface area contributed by atoms with Gasteiger partial charge in [0, 0.05) is 0 Å². The summed E-state index contributed by atoms with van der Waals surface area (Å²) in [4.78, 5) is 11.5. The van der Waals surface area contributed by atoms with E-state index < -0.39 is 0 Å². The summed E-state index contributed by atoms with van der Waals surface area (Å²) in [6.07, 6.45) is 3.55. The Morgan fingerprint density at radius 2 is 1.89 bits per heavy atom. The van der Waals surface area contributed by atoms with Crippen LogP contribution in [0.3, 0.4) is 0 Å². The predicted octanol–water partition coefficient (Wildman–Crippen LogP) is 2.80. The number of amides is 1. The molecule has 1 aromatic carbocycles. The Balaban J connectivity index is 2.76. The van der Waals surface area contributed by atoms with E-state index in [1.54, 1.807) is 0 Å². The molecule has 0 aliphatic rings. The Hall–Kier alpha value is -1.35. The molecule has 0 fully saturated rings. The van der Waals surface area contributed by atoms with Crippen LogP contribution in [0.4, 0.5) is 0 Å². The molecule has 3 heteroatoms. The van der Waals surface area contributed by atoms with Crippen molar-refractivity contribution in [3.63, 3.8) is 0 Å². The van der Waals surface area contributed by atoms with Crippen LogP contribution in [0.5, 0.6) is 0 Å². The molecule has 0 aliphatic carbocycles. The molecule has 1 atom stereocenters. The van der Waals surface area contributed by atoms with Gasteiger partial charge in [0.15, 0.2) is 0 Å². The normalized spacial score (nSPS) is 12.5. The highest BCUT2D eigenvalue weighted by atomic mass is 16.1. The Morgan fingerprint density at radius 1 is 1.26 bits per heavy atom. The van der Waals surface area contributed by atoms with Crippen molar-refractivity contribution in [2.45, 2.75) is 46.1 Å². The highest BCUT2D eigenvalue weighted by Crippen LogP contribution is 2.22. The van der Waals surface area contributed by atoms with E-state index in [9.17, 15) is 4.79 Å². The van der Waals surface area contributed by atoms with Gasteiger partial charge in [0.1, 0.15) is 0 Å². The minimum atomic E-state index is -0.103. The summed E-state index contributed by atoms with van der Waals surface area (Å²) in [6.45, 7) is 6.45. The minimum Gasteiger partial charge on any atom is -0.348 e. The molecule has 19 heavy (non-hydrogen) atoms. The van der Waals surface area contributed by atoms with Crippen molar-refractivity contribution in [1.29, 1.82) is 0 Å². The molecule has 3 nitrogen and oxygen atoms in total. The van der Waals surface area contributed by atoms with Gasteiger partial charge in [0.05, 0.1) is 12.6 Å². The molecule has 1 aromatic rings. The Labute approximate surface area is 116 Å². The molecule has 106 valence electrons. The van der Waals surface area contributed by atoms with E-state index in [-0.39, 0.29) is 18.5 Å². The number of nitrogens with two attached hydrogens (primary N) is 1. The lowest BCUT2D eigenvalue weighted by Crippen LogP contribution is -2.36. The van der Waals surface area contributed by atoms with Crippen molar-refractivity contribution < 1.29 is 4.79 Å². The summed E-state index contributed by atoms with van der Waals surface area (Å²) in [5.41, 5.74) is 7.88. The third-order valence-corrected chi connectivity index (χ3v) is 3.33. The maximum Gasteiger partial charge on any atom is 0.234 e. The topological polar surface area (TPSA) is 55.1 Å². The maximum absolute atomic E-state index is 11.5. The molecule has 0 radical (unpaired) electrons. The Kier molecular flexibility index (Phi) is 6.57. The van der Waals surface area contributed by atoms with Gasteiger partial charge in [-0.15, -0.1) is 0 Å². The van der Waals surface area contributed by atoms with Crippen LogP contribution in [-0.4, -0.2) is 12.5 Å². The molecule has 1 unspecified atom stereocenters. The van der Waals surface area contributed by atoms with Crippen LogP contribution in [0, 0.1) is 5.92 Å². The SMILES string of the molecule is CCCCc1ccc(C(NC(=O)CN)C(C)C)cc1. The van der Waals surface area contributed by atoms with Crippen molar-refractivity contribution in [2.75, 3.05) is 6.54 Å². The monoisotopic (exact) mass is 262 g/mol. The molecule has 0 saturated heterocycles. The molecular weight excluding hydrogens is 236 g/mol. The van der Waals surface area contributed by atoms with Crippen molar-refractivity contribution in [2.24, 2.45) is 11.7 Å². The smallest absolute Gasteiger partial charge is 0.234 e. The number of nitrogens with one attached hydrogen (secondary N) is 1. The third kappa shape index (κ3) is 5.03. The van der Waals surface area contributed by atoms with E-state index in [0.717, 1.165) is 12.0 Å². The van der Waals surface area contributed by atoms with E-state index >= 15 is 0 Å². The fourth-order valence-corrected chi connectivity index (χ4v) is 2.14. The van der Waals surface area contributed by atoms with Crippen LogP contribution in [-0.2, 0) is 11.2 Å². The Bertz CT molecular complexity index is 384. The highest BCUT2D eigenvalue weighted by molar-refractivity contribution is 5.78. The van der Waals surface area contributed by atoms with Crippen molar-refractivity contribution in [3.05, 3.63) is 35.4 Å². The average Bonchev–Trinajstić information content (AvgIpc) is 2.42. The lowest BCUT2D eigenvalue weighted by molar-refractivity contribution is -0.120. The number of unbranched alkanes of at least 4 members (excludes halogenated alkanes) is 1. The second kappa shape index (κ2) is 7.95. The zero-order valence-corrected chi connectivity index (χ0v) is 12.3. The van der Waals surface area contributed by atoms with Gasteiger partial charge in [-0.25, -0.2) is 0 Å². The lowest BCUT2D eigenvalue weighted by atomic mass is 9.94. The number of rotatable bonds is 7. The summed E-state index contributed by atoms with van der Waals surface area (Å²) in [6, 6.07) is 8.60. The van der Waals surface area contributed by atoms with Gasteiger partial charge in [-0.2, -0.15) is 0 Å². The maximum atomic E-state index is 11.5. The van der Waals surface area contributed by atoms with Crippen molar-refractivity contribution in [1.82, 2.24) is 5.32 Å². The zero-order chi connectivity index (χ0) is 14.3. The van der Waals surface area contributed by atoms with Crippen LogP contribution >= 0.6 is 0 Å². The van der Waals surface area contributed by atoms with Gasteiger partial charge in [0.25, 0.3) is 0 Å². The molecule has 0 spiro atoms. The van der Waals surface area contributed by atoms with Gasteiger partial charge in [-0.3, -0.25) is 4.79 Å². The Morgan fingerprint density at radius 3 is 2.37 bits per heavy atom. The second-order valence-electron chi connectivity index (χ2n) is 5.34. The number of carbonyl (C=O) groups is 1. The summed E-state index contributed by atoms with van der Waals surface area (Å²) in [5, 5.41) is 2.98. The molecule has 0 saturated carbocycles. The second-order valence-corrected chi connectivity index (χ2v) is 5.34. The molecule has 3 N–H and O–H groups in total. The molecule has 1 amide bonds. The molecule has 0 aromatic heterocycles. The van der Waals surface area contributed by atoms with Crippen LogP contribution in [0.2, 0.25) is 0 Å². The van der Waals surface area contributed by atoms with Crippen molar-refractivity contribution in [3.8, 4) is 0 Å². The summed E-state index contributed by atoms with van der Waals surface area (Å²) in [5.74, 6) is 0.241. The number of benzene rings is 1. The molecule has 0 bridgehead atoms. The molecule has 0 aliphatic heterocycles. The van der Waals surface area contributed by atoms with Crippen LogP contribution in [0.15, 0.2) is 24.3 Å². The third-order valence-electron chi connectivity index (χ3n) is 3.33. The van der Waals surface area contributed by atoms with Gasteiger partial charge < -0.3 is 11.1 Å². The van der Waals surface area contributed by atoms with E-state index in [2.05, 4.69) is 50.4 Å². The quantitative estimate of drug-likeness (QED) is 0.794. The van der Waals surface area contributed by atoms with Gasteiger partial charge in [-0.05, 0) is 29.9 Å². The van der Waals surface area contributed by atoms with Crippen LogP contribution in [0.1, 0.15) is 50.8 Å². The first kappa shape index (κ1) is 15.7. The van der Waals surface area contributed by atoms with E-state index in [0.29, 0.717) is 5.92 Å². The van der Waals surface area contributed by atoms with Crippen LogP contribution in [0.25, 0.3) is 0 Å². The van der Waals surface area contributed by atoms with Gasteiger partial charge in [-0.1, -0.05) is 51.5 Å². The standard InChI is InChI=1S/C16H26N2O/c1-4-5-6-13-7-9-14(10-8-13)16(12(2)3)18-15(19)11-17/h7-10,12,16H,4-6,11,17H2,1-3H3,(H,18,19). The summed E-state index contributed by atoms with van der Waals surface area (Å²) < 4.78 is 0. The number of carbonyl (C=O) groups excluding carboxylic acids is 1.